The number of rotatable bonds is 2. The van der Waals surface area contributed by atoms with Gasteiger partial charge in [-0.25, -0.2) is 0 Å². The van der Waals surface area contributed by atoms with Gasteiger partial charge in [0, 0.05) is 36.4 Å². The molecule has 3 nitrogen and oxygen atoms in total. The van der Waals surface area contributed by atoms with Crippen molar-refractivity contribution in [2.45, 2.75) is 33.1 Å². The Hall–Kier alpha value is -0.870. The molecule has 1 amide bonds. The highest BCUT2D eigenvalue weighted by molar-refractivity contribution is 7.10. The van der Waals surface area contributed by atoms with E-state index in [2.05, 4.69) is 24.1 Å². The summed E-state index contributed by atoms with van der Waals surface area (Å²) in [6.07, 6.45) is 3.49. The lowest BCUT2D eigenvalue weighted by Gasteiger charge is -2.34. The van der Waals surface area contributed by atoms with Crippen molar-refractivity contribution in [3.8, 4) is 0 Å². The van der Waals surface area contributed by atoms with Crippen molar-refractivity contribution in [3.05, 3.63) is 21.4 Å². The van der Waals surface area contributed by atoms with Crippen LogP contribution in [0.2, 0.25) is 0 Å². The maximum absolute atomic E-state index is 12.7. The Morgan fingerprint density at radius 3 is 2.80 bits per heavy atom. The van der Waals surface area contributed by atoms with Crippen LogP contribution in [0, 0.1) is 5.92 Å². The van der Waals surface area contributed by atoms with Crippen molar-refractivity contribution in [1.29, 1.82) is 0 Å². The zero-order chi connectivity index (χ0) is 14.1. The third kappa shape index (κ3) is 2.63. The van der Waals surface area contributed by atoms with Crippen LogP contribution in [0.15, 0.2) is 5.38 Å². The molecule has 2 heterocycles. The van der Waals surface area contributed by atoms with Crippen molar-refractivity contribution >= 4 is 17.2 Å². The minimum atomic E-state index is 0.271. The van der Waals surface area contributed by atoms with E-state index < -0.39 is 0 Å². The van der Waals surface area contributed by atoms with Crippen molar-refractivity contribution in [2.24, 2.45) is 5.92 Å². The van der Waals surface area contributed by atoms with Gasteiger partial charge in [0.05, 0.1) is 5.56 Å². The zero-order valence-electron chi connectivity index (χ0n) is 12.5. The summed E-state index contributed by atoms with van der Waals surface area (Å²) in [5.41, 5.74) is 2.36. The monoisotopic (exact) mass is 292 g/mol. The van der Waals surface area contributed by atoms with Crippen molar-refractivity contribution < 1.29 is 4.79 Å². The highest BCUT2D eigenvalue weighted by Crippen LogP contribution is 2.33. The minimum Gasteiger partial charge on any atom is -0.336 e. The van der Waals surface area contributed by atoms with Gasteiger partial charge in [-0.1, -0.05) is 13.8 Å². The van der Waals surface area contributed by atoms with Crippen LogP contribution in [0.3, 0.4) is 0 Å². The second-order valence-corrected chi connectivity index (χ2v) is 7.09. The number of thiophene rings is 1. The predicted octanol–water partition coefficient (Wildman–Crippen LogP) is 2.65. The zero-order valence-corrected chi connectivity index (χ0v) is 13.3. The van der Waals surface area contributed by atoms with Crippen LogP contribution >= 0.6 is 11.3 Å². The van der Waals surface area contributed by atoms with Gasteiger partial charge in [0.15, 0.2) is 0 Å². The predicted molar refractivity (Wildman–Crippen MR) is 83.5 cm³/mol. The van der Waals surface area contributed by atoms with E-state index in [9.17, 15) is 4.79 Å². The normalized spacial score (nSPS) is 23.7. The second-order valence-electron chi connectivity index (χ2n) is 6.13. The van der Waals surface area contributed by atoms with Crippen molar-refractivity contribution in [3.63, 3.8) is 0 Å². The molecule has 0 aromatic carbocycles. The molecule has 1 unspecified atom stereocenters. The molecule has 0 radical (unpaired) electrons. The van der Waals surface area contributed by atoms with Crippen LogP contribution in [-0.2, 0) is 12.8 Å². The van der Waals surface area contributed by atoms with E-state index in [0.717, 1.165) is 57.0 Å². The van der Waals surface area contributed by atoms with E-state index in [4.69, 9.17) is 0 Å². The van der Waals surface area contributed by atoms with Crippen LogP contribution in [-0.4, -0.2) is 48.4 Å². The first-order valence-electron chi connectivity index (χ1n) is 7.80. The molecule has 1 aliphatic heterocycles. The van der Waals surface area contributed by atoms with Gasteiger partial charge in [-0.05, 0) is 37.3 Å². The molecular weight excluding hydrogens is 268 g/mol. The fraction of sp³-hybridized carbons (Fsp3) is 0.688. The summed E-state index contributed by atoms with van der Waals surface area (Å²) < 4.78 is 0. The Morgan fingerprint density at radius 1 is 1.35 bits per heavy atom. The molecule has 0 saturated carbocycles. The Morgan fingerprint density at radius 2 is 2.10 bits per heavy atom. The summed E-state index contributed by atoms with van der Waals surface area (Å²) in [4.78, 5) is 18.6. The van der Waals surface area contributed by atoms with Crippen molar-refractivity contribution in [2.75, 3.05) is 32.7 Å². The van der Waals surface area contributed by atoms with E-state index in [0.29, 0.717) is 0 Å². The van der Waals surface area contributed by atoms with Crippen LogP contribution in [0.4, 0.5) is 0 Å². The number of carbonyl (C=O) groups is 1. The van der Waals surface area contributed by atoms with Gasteiger partial charge in [-0.3, -0.25) is 4.79 Å². The number of piperazine rings is 1. The highest BCUT2D eigenvalue weighted by Gasteiger charge is 2.27. The molecule has 20 heavy (non-hydrogen) atoms. The Bertz CT molecular complexity index is 489. The molecule has 0 bridgehead atoms. The first-order valence-corrected chi connectivity index (χ1v) is 8.68. The molecule has 1 saturated heterocycles. The average molecular weight is 292 g/mol. The molecule has 1 fully saturated rings. The molecule has 1 aromatic heterocycles. The molecule has 1 aliphatic carbocycles. The molecule has 4 heteroatoms. The number of amides is 1. The standard InChI is InChI=1S/C16H24N2OS/c1-3-17-6-8-18(9-7-17)16(19)14-11-20-15-10-12(2)4-5-13(14)15/h11-12H,3-10H2,1-2H3. The molecule has 2 aliphatic rings. The lowest BCUT2D eigenvalue weighted by Crippen LogP contribution is -2.48. The Labute approximate surface area is 125 Å². The Kier molecular flexibility index (Phi) is 4.13. The van der Waals surface area contributed by atoms with Gasteiger partial charge < -0.3 is 9.80 Å². The molecule has 0 N–H and O–H groups in total. The van der Waals surface area contributed by atoms with E-state index in [1.54, 1.807) is 11.3 Å². The van der Waals surface area contributed by atoms with Gasteiger partial charge in [0.1, 0.15) is 0 Å². The maximum atomic E-state index is 12.7. The minimum absolute atomic E-state index is 0.271. The van der Waals surface area contributed by atoms with Gasteiger partial charge in [-0.2, -0.15) is 0 Å². The van der Waals surface area contributed by atoms with Crippen LogP contribution in [0.25, 0.3) is 0 Å². The van der Waals surface area contributed by atoms with Crippen molar-refractivity contribution in [1.82, 2.24) is 9.80 Å². The van der Waals surface area contributed by atoms with E-state index in [-0.39, 0.29) is 5.91 Å². The quantitative estimate of drug-likeness (QED) is 0.836. The second kappa shape index (κ2) is 5.86. The van der Waals surface area contributed by atoms with E-state index in [1.807, 2.05) is 4.90 Å². The summed E-state index contributed by atoms with van der Waals surface area (Å²) in [6.45, 7) is 9.40. The van der Waals surface area contributed by atoms with E-state index >= 15 is 0 Å². The number of fused-ring (bicyclic) bond motifs is 1. The summed E-state index contributed by atoms with van der Waals surface area (Å²) >= 11 is 1.80. The molecule has 3 rings (SSSR count). The third-order valence-corrected chi connectivity index (χ3v) is 5.79. The van der Waals surface area contributed by atoms with Crippen LogP contribution in [0.1, 0.15) is 41.1 Å². The molecule has 1 aromatic rings. The summed E-state index contributed by atoms with van der Waals surface area (Å²) in [5.74, 6) is 1.05. The van der Waals surface area contributed by atoms with Gasteiger partial charge in [-0.15, -0.1) is 11.3 Å². The molecular formula is C16H24N2OS. The van der Waals surface area contributed by atoms with Crippen LogP contribution in [0.5, 0.6) is 0 Å². The molecule has 0 spiro atoms. The number of likely N-dealkylation sites (N-methyl/N-ethyl adjacent to an activating group) is 1. The average Bonchev–Trinajstić information content (AvgIpc) is 2.89. The topological polar surface area (TPSA) is 23.6 Å². The van der Waals surface area contributed by atoms with Gasteiger partial charge in [0.2, 0.25) is 0 Å². The number of hydrogen-bond acceptors (Lipinski definition) is 3. The highest BCUT2D eigenvalue weighted by atomic mass is 32.1. The molecule has 110 valence electrons. The third-order valence-electron chi connectivity index (χ3n) is 4.74. The number of carbonyl (C=O) groups excluding carboxylic acids is 1. The number of hydrogen-bond donors (Lipinski definition) is 0. The van der Waals surface area contributed by atoms with Gasteiger partial charge in [0.25, 0.3) is 5.91 Å². The summed E-state index contributed by atoms with van der Waals surface area (Å²) in [5, 5.41) is 2.11. The fourth-order valence-corrected chi connectivity index (χ4v) is 4.53. The maximum Gasteiger partial charge on any atom is 0.255 e. The fourth-order valence-electron chi connectivity index (χ4n) is 3.29. The van der Waals surface area contributed by atoms with Gasteiger partial charge >= 0.3 is 0 Å². The summed E-state index contributed by atoms with van der Waals surface area (Å²) in [7, 11) is 0. The van der Waals surface area contributed by atoms with Crippen LogP contribution < -0.4 is 0 Å². The lowest BCUT2D eigenvalue weighted by molar-refractivity contribution is 0.0642. The first-order chi connectivity index (χ1) is 9.69. The SMILES string of the molecule is CCN1CCN(C(=O)c2csc3c2CCC(C)C3)CC1. The Balaban J connectivity index is 1.72. The van der Waals surface area contributed by atoms with E-state index in [1.165, 1.54) is 16.9 Å². The largest absolute Gasteiger partial charge is 0.336 e. The number of nitrogens with zero attached hydrogens (tertiary/aromatic N) is 2. The summed E-state index contributed by atoms with van der Waals surface area (Å²) in [6, 6.07) is 0. The molecule has 1 atom stereocenters. The first kappa shape index (κ1) is 14.1. The lowest BCUT2D eigenvalue weighted by atomic mass is 9.88. The smallest absolute Gasteiger partial charge is 0.255 e.